The fourth-order valence-corrected chi connectivity index (χ4v) is 4.47. The smallest absolute Gasteiger partial charge is 0.276 e. The summed E-state index contributed by atoms with van der Waals surface area (Å²) in [5.74, 6) is -0.156. The number of para-hydroxylation sites is 1. The van der Waals surface area contributed by atoms with Gasteiger partial charge in [0.05, 0.1) is 17.3 Å². The maximum Gasteiger partial charge on any atom is 0.276 e. The lowest BCUT2D eigenvalue weighted by molar-refractivity contribution is -0.121. The van der Waals surface area contributed by atoms with Gasteiger partial charge in [-0.1, -0.05) is 23.4 Å². The number of carbonyl (C=O) groups is 2. The fourth-order valence-electron chi connectivity index (χ4n) is 3.94. The van der Waals surface area contributed by atoms with Gasteiger partial charge in [0.15, 0.2) is 10.8 Å². The number of aromatic nitrogens is 4. The van der Waals surface area contributed by atoms with Gasteiger partial charge in [-0.2, -0.15) is 0 Å². The van der Waals surface area contributed by atoms with Gasteiger partial charge in [0.25, 0.3) is 5.91 Å². The number of carbonyl (C=O) groups excluding carboxylic acids is 2. The highest BCUT2D eigenvalue weighted by Gasteiger charge is 2.37. The number of hydrogen-bond donors (Lipinski definition) is 1. The topological polar surface area (TPSA) is 93.0 Å². The van der Waals surface area contributed by atoms with Crippen molar-refractivity contribution in [2.24, 2.45) is 5.92 Å². The molecule has 0 radical (unpaired) electrons. The van der Waals surface area contributed by atoms with Crippen LogP contribution in [0.3, 0.4) is 0 Å². The number of benzene rings is 1. The third-order valence-corrected chi connectivity index (χ3v) is 6.30. The predicted molar refractivity (Wildman–Crippen MR) is 113 cm³/mol. The molecule has 30 heavy (non-hydrogen) atoms. The number of thiazole rings is 1. The Morgan fingerprint density at radius 1 is 1.13 bits per heavy atom. The number of piperidine rings is 1. The van der Waals surface area contributed by atoms with Crippen LogP contribution in [0.25, 0.3) is 5.69 Å². The van der Waals surface area contributed by atoms with Crippen LogP contribution in [0.15, 0.2) is 41.9 Å². The molecule has 1 atom stereocenters. The molecule has 1 aliphatic heterocycles. The number of rotatable bonds is 5. The molecule has 1 N–H and O–H groups in total. The zero-order chi connectivity index (χ0) is 20.5. The van der Waals surface area contributed by atoms with Crippen molar-refractivity contribution in [3.05, 3.63) is 53.3 Å². The molecule has 154 valence electrons. The molecule has 8 nitrogen and oxygen atoms in total. The van der Waals surface area contributed by atoms with Crippen molar-refractivity contribution < 1.29 is 9.59 Å². The number of amides is 2. The molecule has 3 aromatic rings. The molecular weight excluding hydrogens is 400 g/mol. The van der Waals surface area contributed by atoms with Crippen molar-refractivity contribution in [3.8, 4) is 5.69 Å². The molecule has 1 aliphatic carbocycles. The molecule has 2 amide bonds. The lowest BCUT2D eigenvalue weighted by atomic mass is 9.96. The molecule has 0 spiro atoms. The highest BCUT2D eigenvalue weighted by Crippen LogP contribution is 2.42. The summed E-state index contributed by atoms with van der Waals surface area (Å²) >= 11 is 1.39. The van der Waals surface area contributed by atoms with E-state index in [0.29, 0.717) is 29.8 Å². The highest BCUT2D eigenvalue weighted by molar-refractivity contribution is 7.13. The van der Waals surface area contributed by atoms with Crippen molar-refractivity contribution in [3.63, 3.8) is 0 Å². The first-order valence-corrected chi connectivity index (χ1v) is 11.1. The summed E-state index contributed by atoms with van der Waals surface area (Å²) in [5, 5.41) is 13.8. The Morgan fingerprint density at radius 3 is 2.70 bits per heavy atom. The lowest BCUT2D eigenvalue weighted by Crippen LogP contribution is -2.44. The van der Waals surface area contributed by atoms with Crippen LogP contribution in [0.2, 0.25) is 0 Å². The van der Waals surface area contributed by atoms with Crippen LogP contribution in [0, 0.1) is 5.92 Å². The van der Waals surface area contributed by atoms with E-state index < -0.39 is 0 Å². The molecule has 1 saturated heterocycles. The van der Waals surface area contributed by atoms with Gasteiger partial charge in [0.2, 0.25) is 5.91 Å². The second kappa shape index (κ2) is 7.98. The normalized spacial score (nSPS) is 18.9. The summed E-state index contributed by atoms with van der Waals surface area (Å²) in [6, 6.07) is 9.79. The summed E-state index contributed by atoms with van der Waals surface area (Å²) in [6.45, 7) is 1.01. The molecule has 0 bridgehead atoms. The average Bonchev–Trinajstić information content (AvgIpc) is 3.31. The molecule has 9 heteroatoms. The van der Waals surface area contributed by atoms with Gasteiger partial charge in [-0.15, -0.1) is 16.4 Å². The zero-order valence-electron chi connectivity index (χ0n) is 16.4. The van der Waals surface area contributed by atoms with Crippen LogP contribution < -0.4 is 5.32 Å². The second-order valence-corrected chi connectivity index (χ2v) is 8.66. The van der Waals surface area contributed by atoms with Crippen molar-refractivity contribution in [2.45, 2.75) is 31.6 Å². The van der Waals surface area contributed by atoms with Gasteiger partial charge < -0.3 is 10.2 Å². The van der Waals surface area contributed by atoms with Crippen LogP contribution >= 0.6 is 11.3 Å². The van der Waals surface area contributed by atoms with Crippen LogP contribution in [0.4, 0.5) is 5.13 Å². The first-order chi connectivity index (χ1) is 14.7. The average molecular weight is 423 g/mol. The molecule has 2 fully saturated rings. The fraction of sp³-hybridized carbons (Fsp3) is 0.381. The van der Waals surface area contributed by atoms with Crippen molar-refractivity contribution in [1.29, 1.82) is 0 Å². The molecule has 1 saturated carbocycles. The van der Waals surface area contributed by atoms with E-state index >= 15 is 0 Å². The lowest BCUT2D eigenvalue weighted by Gasteiger charge is -2.31. The van der Waals surface area contributed by atoms with Crippen molar-refractivity contribution >= 4 is 28.3 Å². The van der Waals surface area contributed by atoms with Crippen molar-refractivity contribution in [1.82, 2.24) is 24.9 Å². The molecular formula is C21H22N6O2S. The summed E-state index contributed by atoms with van der Waals surface area (Å²) in [6.07, 6.45) is 5.28. The second-order valence-electron chi connectivity index (χ2n) is 7.76. The van der Waals surface area contributed by atoms with E-state index in [0.717, 1.165) is 37.1 Å². The Balaban J connectivity index is 1.35. The summed E-state index contributed by atoms with van der Waals surface area (Å²) in [7, 11) is 0. The highest BCUT2D eigenvalue weighted by atomic mass is 32.1. The summed E-state index contributed by atoms with van der Waals surface area (Å²) in [5.41, 5.74) is 2.22. The molecule has 3 heterocycles. The monoisotopic (exact) mass is 422 g/mol. The van der Waals surface area contributed by atoms with E-state index in [1.165, 1.54) is 11.3 Å². The van der Waals surface area contributed by atoms with Gasteiger partial charge in [-0.05, 0) is 37.8 Å². The van der Waals surface area contributed by atoms with E-state index in [-0.39, 0.29) is 17.7 Å². The van der Waals surface area contributed by atoms with Gasteiger partial charge in [-0.25, -0.2) is 9.67 Å². The van der Waals surface area contributed by atoms with Crippen LogP contribution in [-0.4, -0.2) is 49.8 Å². The minimum atomic E-state index is -0.250. The Hall–Kier alpha value is -3.07. The standard InChI is InChI=1S/C21H22N6O2S/c28-19(23-21-22-10-12-30-21)15-5-4-11-26(13-15)20(29)17-18(14-8-9-14)27(25-24-17)16-6-2-1-3-7-16/h1-3,6-7,10,12,14-15H,4-5,8-9,11,13H2,(H,22,23,28). The van der Waals surface area contributed by atoms with Crippen LogP contribution in [-0.2, 0) is 4.79 Å². The maximum absolute atomic E-state index is 13.4. The molecule has 1 aromatic carbocycles. The number of hydrogen-bond acceptors (Lipinski definition) is 6. The molecule has 5 rings (SSSR count). The first-order valence-electron chi connectivity index (χ1n) is 10.2. The van der Waals surface area contributed by atoms with Crippen LogP contribution in [0.1, 0.15) is 47.8 Å². The summed E-state index contributed by atoms with van der Waals surface area (Å²) < 4.78 is 1.79. The van der Waals surface area contributed by atoms with E-state index in [1.54, 1.807) is 15.8 Å². The Kier molecular flexibility index (Phi) is 5.04. The van der Waals surface area contributed by atoms with Crippen LogP contribution in [0.5, 0.6) is 0 Å². The maximum atomic E-state index is 13.4. The number of nitrogens with zero attached hydrogens (tertiary/aromatic N) is 5. The van der Waals surface area contributed by atoms with E-state index in [2.05, 4.69) is 20.6 Å². The molecule has 2 aliphatic rings. The Bertz CT molecular complexity index is 1040. The van der Waals surface area contributed by atoms with E-state index in [4.69, 9.17) is 0 Å². The SMILES string of the molecule is O=C(Nc1nccs1)C1CCCN(C(=O)c2nnn(-c3ccccc3)c2C2CC2)C1. The van der Waals surface area contributed by atoms with Gasteiger partial charge in [-0.3, -0.25) is 9.59 Å². The van der Waals surface area contributed by atoms with Crippen molar-refractivity contribution in [2.75, 3.05) is 18.4 Å². The Labute approximate surface area is 177 Å². The van der Waals surface area contributed by atoms with E-state index in [1.807, 2.05) is 35.7 Å². The van der Waals surface area contributed by atoms with Gasteiger partial charge in [0, 0.05) is 30.6 Å². The number of anilines is 1. The number of nitrogens with one attached hydrogen (secondary N) is 1. The number of likely N-dealkylation sites (tertiary alicyclic amines) is 1. The van der Waals surface area contributed by atoms with Gasteiger partial charge in [0.1, 0.15) is 0 Å². The quantitative estimate of drug-likeness (QED) is 0.682. The third kappa shape index (κ3) is 3.72. The third-order valence-electron chi connectivity index (χ3n) is 5.61. The molecule has 2 aromatic heterocycles. The Morgan fingerprint density at radius 2 is 1.97 bits per heavy atom. The van der Waals surface area contributed by atoms with E-state index in [9.17, 15) is 9.59 Å². The molecule has 1 unspecified atom stereocenters. The minimum Gasteiger partial charge on any atom is -0.336 e. The minimum absolute atomic E-state index is 0.0854. The zero-order valence-corrected chi connectivity index (χ0v) is 17.2. The predicted octanol–water partition coefficient (Wildman–Crippen LogP) is 3.09. The summed E-state index contributed by atoms with van der Waals surface area (Å²) in [4.78, 5) is 31.8. The largest absolute Gasteiger partial charge is 0.336 e. The van der Waals surface area contributed by atoms with Gasteiger partial charge >= 0.3 is 0 Å². The first kappa shape index (κ1) is 18.9.